The number of nitrogens with one attached hydrogen (secondary N) is 1. The second-order valence-electron chi connectivity index (χ2n) is 7.22. The maximum atomic E-state index is 5.73. The average Bonchev–Trinajstić information content (AvgIpc) is 3.43. The van der Waals surface area contributed by atoms with Gasteiger partial charge in [0.25, 0.3) is 0 Å². The summed E-state index contributed by atoms with van der Waals surface area (Å²) in [5.41, 5.74) is 3.17. The zero-order valence-electron chi connectivity index (χ0n) is 15.6. The summed E-state index contributed by atoms with van der Waals surface area (Å²) in [6.45, 7) is 2.08. The summed E-state index contributed by atoms with van der Waals surface area (Å²) in [6.07, 6.45) is 5.20. The zero-order chi connectivity index (χ0) is 19.2. The van der Waals surface area contributed by atoms with E-state index in [1.165, 1.54) is 0 Å². The highest BCUT2D eigenvalue weighted by Crippen LogP contribution is 2.34. The molecule has 0 bridgehead atoms. The monoisotopic (exact) mass is 385 g/mol. The van der Waals surface area contributed by atoms with Gasteiger partial charge in [-0.05, 0) is 35.9 Å². The van der Waals surface area contributed by atoms with Crippen molar-refractivity contribution in [2.24, 2.45) is 4.99 Å². The number of imidazole rings is 1. The van der Waals surface area contributed by atoms with Gasteiger partial charge in [-0.15, -0.1) is 0 Å². The number of rotatable bonds is 3. The van der Waals surface area contributed by atoms with Crippen LogP contribution < -0.4 is 10.2 Å². The molecule has 3 aromatic heterocycles. The molecule has 4 aromatic rings. The van der Waals surface area contributed by atoms with Crippen LogP contribution >= 0.6 is 0 Å². The molecule has 0 amide bonds. The van der Waals surface area contributed by atoms with E-state index in [1.807, 2.05) is 42.6 Å². The number of benzene rings is 1. The van der Waals surface area contributed by atoms with Crippen molar-refractivity contribution in [3.8, 4) is 0 Å². The van der Waals surface area contributed by atoms with Crippen LogP contribution in [-0.2, 0) is 6.54 Å². The molecule has 8 heteroatoms. The van der Waals surface area contributed by atoms with Crippen LogP contribution in [0, 0.1) is 0 Å². The molecule has 144 valence electrons. The van der Waals surface area contributed by atoms with Crippen molar-refractivity contribution < 1.29 is 4.42 Å². The number of para-hydroxylation sites is 2. The highest BCUT2D eigenvalue weighted by Gasteiger charge is 2.36. The minimum Gasteiger partial charge on any atom is -0.465 e. The third kappa shape index (κ3) is 2.68. The number of pyridine rings is 1. The van der Waals surface area contributed by atoms with Crippen molar-refractivity contribution in [1.82, 2.24) is 24.8 Å². The van der Waals surface area contributed by atoms with Crippen LogP contribution in [0.15, 0.2) is 76.6 Å². The summed E-state index contributed by atoms with van der Waals surface area (Å²) in [5.74, 6) is 2.51. The first kappa shape index (κ1) is 16.3. The van der Waals surface area contributed by atoms with E-state index in [-0.39, 0.29) is 6.17 Å². The maximum Gasteiger partial charge on any atom is 0.216 e. The molecule has 0 unspecified atom stereocenters. The van der Waals surface area contributed by atoms with Crippen LogP contribution in [0.1, 0.15) is 17.5 Å². The molecule has 6 rings (SSSR count). The number of hydrogen-bond acceptors (Lipinski definition) is 7. The Bertz CT molecular complexity index is 1180. The van der Waals surface area contributed by atoms with Gasteiger partial charge in [0, 0.05) is 18.9 Å². The molecule has 0 fully saturated rings. The second kappa shape index (κ2) is 6.46. The number of hydrogen-bond donors (Lipinski definition) is 1. The highest BCUT2D eigenvalue weighted by atomic mass is 16.3. The van der Waals surface area contributed by atoms with E-state index >= 15 is 0 Å². The number of fused-ring (bicyclic) bond motifs is 5. The second-order valence-corrected chi connectivity index (χ2v) is 7.22. The first-order chi connectivity index (χ1) is 14.4. The van der Waals surface area contributed by atoms with Gasteiger partial charge in [0.15, 0.2) is 6.17 Å². The van der Waals surface area contributed by atoms with E-state index in [1.54, 1.807) is 12.5 Å². The summed E-state index contributed by atoms with van der Waals surface area (Å²) >= 11 is 0. The summed E-state index contributed by atoms with van der Waals surface area (Å²) in [4.78, 5) is 18.3. The standard InChI is InChI=1S/C21H19N7O/c1-2-7-17-16(6-1)24-21-27-14-26(12-15-5-3-9-22-11-15)13-23-20(27)25-19(28(17)21)18-8-4-10-29-18/h1-11,19H,12-14H2,(H,23,25)/t19-/m1/s1. The Hall–Kier alpha value is -3.65. The number of furan rings is 1. The number of guanidine groups is 1. The molecule has 2 aliphatic heterocycles. The Balaban J connectivity index is 1.42. The van der Waals surface area contributed by atoms with Gasteiger partial charge in [-0.2, -0.15) is 0 Å². The smallest absolute Gasteiger partial charge is 0.216 e. The fourth-order valence-corrected chi connectivity index (χ4v) is 4.00. The van der Waals surface area contributed by atoms with Crippen molar-refractivity contribution in [3.05, 3.63) is 78.5 Å². The van der Waals surface area contributed by atoms with E-state index in [0.29, 0.717) is 13.3 Å². The van der Waals surface area contributed by atoms with Gasteiger partial charge in [0.2, 0.25) is 11.9 Å². The van der Waals surface area contributed by atoms with Crippen molar-refractivity contribution in [2.45, 2.75) is 12.7 Å². The van der Waals surface area contributed by atoms with Gasteiger partial charge in [-0.3, -0.25) is 19.4 Å². The minimum atomic E-state index is -0.188. The van der Waals surface area contributed by atoms with Crippen LogP contribution in [0.5, 0.6) is 0 Å². The molecule has 5 heterocycles. The lowest BCUT2D eigenvalue weighted by Gasteiger charge is -2.41. The van der Waals surface area contributed by atoms with Crippen LogP contribution in [0.2, 0.25) is 0 Å². The molecule has 8 nitrogen and oxygen atoms in total. The fraction of sp³-hybridized carbons (Fsp3) is 0.190. The Morgan fingerprint density at radius 1 is 1.10 bits per heavy atom. The van der Waals surface area contributed by atoms with E-state index < -0.39 is 0 Å². The van der Waals surface area contributed by atoms with Gasteiger partial charge in [0.05, 0.1) is 30.6 Å². The van der Waals surface area contributed by atoms with Crippen LogP contribution in [0.3, 0.4) is 0 Å². The zero-order valence-corrected chi connectivity index (χ0v) is 15.6. The topological polar surface area (TPSA) is 74.7 Å². The van der Waals surface area contributed by atoms with Crippen molar-refractivity contribution >= 4 is 22.9 Å². The molecule has 0 aliphatic carbocycles. The summed E-state index contributed by atoms with van der Waals surface area (Å²) in [6, 6.07) is 16.1. The molecule has 0 saturated carbocycles. The summed E-state index contributed by atoms with van der Waals surface area (Å²) in [7, 11) is 0. The Morgan fingerprint density at radius 3 is 2.93 bits per heavy atom. The Labute approximate surface area is 167 Å². The molecule has 0 saturated heterocycles. The van der Waals surface area contributed by atoms with Gasteiger partial charge in [0.1, 0.15) is 5.76 Å². The maximum absolute atomic E-state index is 5.73. The van der Waals surface area contributed by atoms with E-state index in [0.717, 1.165) is 40.8 Å². The van der Waals surface area contributed by atoms with Gasteiger partial charge in [-0.1, -0.05) is 18.2 Å². The minimum absolute atomic E-state index is 0.188. The third-order valence-corrected chi connectivity index (χ3v) is 5.30. The third-order valence-electron chi connectivity index (χ3n) is 5.30. The molecule has 0 radical (unpaired) electrons. The summed E-state index contributed by atoms with van der Waals surface area (Å²) in [5, 5.41) is 3.54. The first-order valence-electron chi connectivity index (χ1n) is 9.57. The van der Waals surface area contributed by atoms with E-state index in [4.69, 9.17) is 14.4 Å². The van der Waals surface area contributed by atoms with Gasteiger partial charge >= 0.3 is 0 Å². The lowest BCUT2D eigenvalue weighted by molar-refractivity contribution is 0.261. The van der Waals surface area contributed by atoms with Crippen molar-refractivity contribution in [2.75, 3.05) is 18.2 Å². The van der Waals surface area contributed by atoms with E-state index in [9.17, 15) is 0 Å². The van der Waals surface area contributed by atoms with E-state index in [2.05, 4.69) is 36.8 Å². The van der Waals surface area contributed by atoms with Gasteiger partial charge in [-0.25, -0.2) is 9.98 Å². The molecule has 1 atom stereocenters. The average molecular weight is 385 g/mol. The number of aromatic nitrogens is 3. The SMILES string of the molecule is c1cncc(CN2CN=C3N[C@@H](c4ccco4)n4c(nc5ccccc54)N3C2)c1. The normalized spacial score (nSPS) is 18.8. The number of anilines is 1. The fourth-order valence-electron chi connectivity index (χ4n) is 4.00. The molecule has 1 aromatic carbocycles. The quantitative estimate of drug-likeness (QED) is 0.585. The number of aliphatic imine (C=N–C) groups is 1. The van der Waals surface area contributed by atoms with Gasteiger partial charge < -0.3 is 9.73 Å². The Morgan fingerprint density at radius 2 is 2.07 bits per heavy atom. The summed E-state index contributed by atoms with van der Waals surface area (Å²) < 4.78 is 7.91. The molecule has 0 spiro atoms. The molecule has 29 heavy (non-hydrogen) atoms. The van der Waals surface area contributed by atoms with Crippen LogP contribution in [0.25, 0.3) is 11.0 Å². The highest BCUT2D eigenvalue weighted by molar-refractivity contribution is 5.98. The molecule has 1 N–H and O–H groups in total. The lowest BCUT2D eigenvalue weighted by atomic mass is 10.2. The molecule has 2 aliphatic rings. The Kier molecular flexibility index (Phi) is 3.63. The van der Waals surface area contributed by atoms with Crippen molar-refractivity contribution in [3.63, 3.8) is 0 Å². The van der Waals surface area contributed by atoms with Crippen molar-refractivity contribution in [1.29, 1.82) is 0 Å². The molecular formula is C21H19N7O. The lowest BCUT2D eigenvalue weighted by Crippen LogP contribution is -2.57. The number of nitrogens with zero attached hydrogens (tertiary/aromatic N) is 6. The molecular weight excluding hydrogens is 366 g/mol. The largest absolute Gasteiger partial charge is 0.465 e. The predicted molar refractivity (Wildman–Crippen MR) is 109 cm³/mol. The van der Waals surface area contributed by atoms with Crippen LogP contribution in [0.4, 0.5) is 5.95 Å². The van der Waals surface area contributed by atoms with Crippen LogP contribution in [-0.4, -0.2) is 38.7 Å². The predicted octanol–water partition coefficient (Wildman–Crippen LogP) is 2.77. The first-order valence-corrected chi connectivity index (χ1v) is 9.57.